The van der Waals surface area contributed by atoms with Gasteiger partial charge in [0.2, 0.25) is 0 Å². The quantitative estimate of drug-likeness (QED) is 0.180. The molecule has 1 aliphatic heterocycles. The van der Waals surface area contributed by atoms with Gasteiger partial charge in [0, 0.05) is 66.4 Å². The molecule has 272 valence electrons. The minimum Gasteiger partial charge on any atom is -0.451 e. The van der Waals surface area contributed by atoms with Crippen LogP contribution >= 0.6 is 0 Å². The molecule has 1 aliphatic carbocycles. The lowest BCUT2D eigenvalue weighted by Gasteiger charge is -2.29. The van der Waals surface area contributed by atoms with Crippen LogP contribution in [0, 0.1) is 0 Å². The highest BCUT2D eigenvalue weighted by Crippen LogP contribution is 2.49. The number of hydrogen-bond acceptors (Lipinski definition) is 3. The molecule has 2 aliphatic rings. The Morgan fingerprint density at radius 3 is 1.59 bits per heavy atom. The van der Waals surface area contributed by atoms with E-state index in [-0.39, 0.29) is 6.04 Å². The summed E-state index contributed by atoms with van der Waals surface area (Å²) in [6.45, 7) is 0. The van der Waals surface area contributed by atoms with Crippen LogP contribution in [-0.2, 0) is 0 Å². The summed E-state index contributed by atoms with van der Waals surface area (Å²) in [7, 11) is 0. The SMILES string of the molecule is C1=CC2c3ccccc3N(c3cccc(-c4cccc5c4oc4c5ccc5c6cccc(-c7cccc(-n8c9ccccc9c9ccccc98)c7)c6oc54)c3)C2C=C1. The molecule has 13 rings (SSSR count). The van der Waals surface area contributed by atoms with E-state index in [1.807, 2.05) is 0 Å². The first-order chi connectivity index (χ1) is 28.8. The van der Waals surface area contributed by atoms with E-state index < -0.39 is 0 Å². The van der Waals surface area contributed by atoms with Gasteiger partial charge in [0.05, 0.1) is 17.1 Å². The predicted molar refractivity (Wildman–Crippen MR) is 240 cm³/mol. The van der Waals surface area contributed by atoms with E-state index in [1.54, 1.807) is 0 Å². The van der Waals surface area contributed by atoms with Gasteiger partial charge in [-0.05, 0) is 71.3 Å². The molecule has 4 heteroatoms. The summed E-state index contributed by atoms with van der Waals surface area (Å²) in [6, 6.07) is 61.3. The van der Waals surface area contributed by atoms with Gasteiger partial charge in [-0.2, -0.15) is 0 Å². The molecule has 58 heavy (non-hydrogen) atoms. The van der Waals surface area contributed by atoms with Gasteiger partial charge in [-0.15, -0.1) is 0 Å². The highest BCUT2D eigenvalue weighted by atomic mass is 16.4. The fourth-order valence-corrected chi connectivity index (χ4v) is 9.99. The molecule has 4 heterocycles. The van der Waals surface area contributed by atoms with Crippen molar-refractivity contribution in [1.29, 1.82) is 0 Å². The molecule has 0 bridgehead atoms. The van der Waals surface area contributed by atoms with E-state index in [9.17, 15) is 0 Å². The maximum Gasteiger partial charge on any atom is 0.178 e. The van der Waals surface area contributed by atoms with Crippen LogP contribution in [0.5, 0.6) is 0 Å². The van der Waals surface area contributed by atoms with Crippen LogP contribution in [0.4, 0.5) is 11.4 Å². The molecule has 11 aromatic rings. The lowest BCUT2D eigenvalue weighted by atomic mass is 9.91. The van der Waals surface area contributed by atoms with Crippen LogP contribution in [-0.4, -0.2) is 10.6 Å². The summed E-state index contributed by atoms with van der Waals surface area (Å²) in [5.74, 6) is 0.333. The standard InChI is InChI=1S/C54H34N2O2/c1-5-25-47-39(17-1)40-18-2-6-26-48(40)55(47)35-15-9-13-33(31-35)37-21-11-23-43-45-29-30-46-44-24-12-22-38(52(44)58-54(46)53(45)57-51(37)43)34-14-10-16-36(32-34)56-49-27-7-3-19-41(49)42-20-4-8-28-50(42)56/h1-32,39,47H. The van der Waals surface area contributed by atoms with Crippen molar-refractivity contribution in [2.75, 3.05) is 4.90 Å². The lowest BCUT2D eigenvalue weighted by molar-refractivity contribution is 0.634. The predicted octanol–water partition coefficient (Wildman–Crippen LogP) is 14.6. The molecule has 0 radical (unpaired) electrons. The highest BCUT2D eigenvalue weighted by molar-refractivity contribution is 6.21. The van der Waals surface area contributed by atoms with Crippen LogP contribution < -0.4 is 4.90 Å². The van der Waals surface area contributed by atoms with Crippen molar-refractivity contribution in [2.24, 2.45) is 0 Å². The zero-order valence-electron chi connectivity index (χ0n) is 31.3. The maximum absolute atomic E-state index is 6.95. The first-order valence-corrected chi connectivity index (χ1v) is 20.0. The van der Waals surface area contributed by atoms with Gasteiger partial charge in [0.1, 0.15) is 11.2 Å². The zero-order chi connectivity index (χ0) is 37.9. The first kappa shape index (κ1) is 31.6. The number of rotatable bonds is 4. The van der Waals surface area contributed by atoms with Gasteiger partial charge in [-0.25, -0.2) is 0 Å². The number of benzene rings is 8. The number of para-hydroxylation sites is 5. The van der Waals surface area contributed by atoms with Crippen molar-refractivity contribution < 1.29 is 8.83 Å². The topological polar surface area (TPSA) is 34.5 Å². The number of allylic oxidation sites excluding steroid dienone is 2. The lowest BCUT2D eigenvalue weighted by Crippen LogP contribution is -2.28. The Balaban J connectivity index is 0.948. The van der Waals surface area contributed by atoms with Gasteiger partial charge in [-0.3, -0.25) is 0 Å². The second-order valence-corrected chi connectivity index (χ2v) is 15.6. The Labute approximate surface area is 333 Å². The summed E-state index contributed by atoms with van der Waals surface area (Å²) in [6.07, 6.45) is 8.99. The van der Waals surface area contributed by atoms with Crippen LogP contribution in [0.25, 0.3) is 93.6 Å². The minimum atomic E-state index is 0.238. The molecule has 0 fully saturated rings. The van der Waals surface area contributed by atoms with Gasteiger partial charge < -0.3 is 18.3 Å². The van der Waals surface area contributed by atoms with Crippen LogP contribution in [0.3, 0.4) is 0 Å². The third-order valence-electron chi connectivity index (χ3n) is 12.5. The van der Waals surface area contributed by atoms with E-state index in [0.29, 0.717) is 5.92 Å². The number of hydrogen-bond donors (Lipinski definition) is 0. The maximum atomic E-state index is 6.95. The Bertz CT molecular complexity index is 3500. The Kier molecular flexibility index (Phi) is 6.53. The van der Waals surface area contributed by atoms with Crippen LogP contribution in [0.2, 0.25) is 0 Å². The Morgan fingerprint density at radius 1 is 0.397 bits per heavy atom. The number of nitrogens with zero attached hydrogens (tertiary/aromatic N) is 2. The smallest absolute Gasteiger partial charge is 0.178 e. The van der Waals surface area contributed by atoms with Crippen molar-refractivity contribution in [3.8, 4) is 27.9 Å². The Morgan fingerprint density at radius 2 is 0.914 bits per heavy atom. The minimum absolute atomic E-state index is 0.238. The average molecular weight is 743 g/mol. The molecule has 8 aromatic carbocycles. The van der Waals surface area contributed by atoms with Gasteiger partial charge in [-0.1, -0.05) is 140 Å². The second kappa shape index (κ2) is 12.0. The number of anilines is 2. The van der Waals surface area contributed by atoms with Crippen LogP contribution in [0.1, 0.15) is 11.5 Å². The summed E-state index contributed by atoms with van der Waals surface area (Å²) in [5.41, 5.74) is 14.9. The molecule has 0 saturated carbocycles. The molecule has 3 aromatic heterocycles. The molecule has 0 N–H and O–H groups in total. The van der Waals surface area contributed by atoms with Gasteiger partial charge >= 0.3 is 0 Å². The normalized spacial score (nSPS) is 16.1. The van der Waals surface area contributed by atoms with Crippen molar-refractivity contribution >= 4 is 77.1 Å². The molecular weight excluding hydrogens is 709 g/mol. The van der Waals surface area contributed by atoms with E-state index in [2.05, 4.69) is 204 Å². The first-order valence-electron chi connectivity index (χ1n) is 20.0. The number of fused-ring (bicyclic) bond motifs is 13. The van der Waals surface area contributed by atoms with E-state index >= 15 is 0 Å². The van der Waals surface area contributed by atoms with Gasteiger partial charge in [0.25, 0.3) is 0 Å². The summed E-state index contributed by atoms with van der Waals surface area (Å²) >= 11 is 0. The van der Waals surface area contributed by atoms with E-state index in [4.69, 9.17) is 8.83 Å². The van der Waals surface area contributed by atoms with E-state index in [0.717, 1.165) is 71.8 Å². The zero-order valence-corrected chi connectivity index (χ0v) is 31.3. The molecule has 0 amide bonds. The number of furan rings is 2. The monoisotopic (exact) mass is 742 g/mol. The van der Waals surface area contributed by atoms with Gasteiger partial charge in [0.15, 0.2) is 11.2 Å². The van der Waals surface area contributed by atoms with Crippen LogP contribution in [0.15, 0.2) is 203 Å². The fourth-order valence-electron chi connectivity index (χ4n) is 9.99. The second-order valence-electron chi connectivity index (χ2n) is 15.6. The fraction of sp³-hybridized carbons (Fsp3) is 0.0370. The van der Waals surface area contributed by atoms with E-state index in [1.165, 1.54) is 38.7 Å². The highest BCUT2D eigenvalue weighted by Gasteiger charge is 2.37. The molecule has 2 unspecified atom stereocenters. The molecular formula is C54H34N2O2. The summed E-state index contributed by atoms with van der Waals surface area (Å²) < 4.78 is 16.3. The third-order valence-corrected chi connectivity index (χ3v) is 12.5. The third kappa shape index (κ3) is 4.40. The Hall–Kier alpha value is -7.56. The molecule has 2 atom stereocenters. The molecule has 4 nitrogen and oxygen atoms in total. The average Bonchev–Trinajstić information content (AvgIpc) is 4.04. The number of aromatic nitrogens is 1. The summed E-state index contributed by atoms with van der Waals surface area (Å²) in [4.78, 5) is 2.48. The summed E-state index contributed by atoms with van der Waals surface area (Å²) in [5, 5.41) is 6.73. The largest absolute Gasteiger partial charge is 0.451 e. The van der Waals surface area contributed by atoms with Crippen molar-refractivity contribution in [3.05, 3.63) is 200 Å². The molecule has 0 saturated heterocycles. The molecule has 0 spiro atoms. The van der Waals surface area contributed by atoms with Crippen molar-refractivity contribution in [3.63, 3.8) is 0 Å². The van der Waals surface area contributed by atoms with Crippen molar-refractivity contribution in [2.45, 2.75) is 12.0 Å². The van der Waals surface area contributed by atoms with Crippen molar-refractivity contribution in [1.82, 2.24) is 4.57 Å².